The third-order valence-electron chi connectivity index (χ3n) is 5.43. The van der Waals surface area contributed by atoms with Crippen molar-refractivity contribution in [3.8, 4) is 0 Å². The van der Waals surface area contributed by atoms with E-state index >= 15 is 0 Å². The minimum Gasteiger partial charge on any atom is -0.377 e. The van der Waals surface area contributed by atoms with Crippen LogP contribution in [0.2, 0.25) is 0 Å². The van der Waals surface area contributed by atoms with Crippen LogP contribution in [0.15, 0.2) is 103 Å². The van der Waals surface area contributed by atoms with Crippen molar-refractivity contribution in [1.82, 2.24) is 4.67 Å². The van der Waals surface area contributed by atoms with E-state index in [9.17, 15) is 0 Å². The number of nitrogens with zero attached hydrogens (tertiary/aromatic N) is 1. The van der Waals surface area contributed by atoms with Gasteiger partial charge in [-0.05, 0) is 29.0 Å². The molecule has 0 amide bonds. The maximum Gasteiger partial charge on any atom is 0.0753 e. The fourth-order valence-corrected chi connectivity index (χ4v) is 6.51. The first-order valence-corrected chi connectivity index (χ1v) is 11.6. The second kappa shape index (κ2) is 9.98. The lowest BCUT2D eigenvalue weighted by atomic mass is 10.00. The van der Waals surface area contributed by atoms with Gasteiger partial charge in [-0.15, -0.1) is 0 Å². The molecule has 0 heterocycles. The predicted octanol–water partition coefficient (Wildman–Crippen LogP) is 5.27. The summed E-state index contributed by atoms with van der Waals surface area (Å²) in [5.74, 6) is 0. The molecule has 148 valence electrons. The number of hydrogen-bond donors (Lipinski definition) is 0. The lowest BCUT2D eigenvalue weighted by Gasteiger charge is -2.39. The quantitative estimate of drug-likeness (QED) is 0.395. The standard InChI is InChI=1S/C26H28NOP/c1-28-24-19-17-23(18-20-24)27(21-22-11-5-2-6-12-22)29(25-13-7-3-8-14-25)26-15-9-4-10-16-26/h2-17,19,23-24H,18,20-21H2,1H3/t23-,24+/m0/s1. The first-order chi connectivity index (χ1) is 14.3. The number of rotatable bonds is 7. The molecule has 0 radical (unpaired) electrons. The molecule has 0 saturated carbocycles. The normalized spacial score (nSPS) is 19.0. The van der Waals surface area contributed by atoms with Crippen LogP contribution in [-0.2, 0) is 11.3 Å². The smallest absolute Gasteiger partial charge is 0.0753 e. The van der Waals surface area contributed by atoms with Crippen LogP contribution in [0, 0.1) is 0 Å². The highest BCUT2D eigenvalue weighted by molar-refractivity contribution is 7.70. The van der Waals surface area contributed by atoms with Crippen LogP contribution in [0.5, 0.6) is 0 Å². The van der Waals surface area contributed by atoms with E-state index in [1.807, 2.05) is 0 Å². The van der Waals surface area contributed by atoms with E-state index in [1.54, 1.807) is 7.11 Å². The van der Waals surface area contributed by atoms with Gasteiger partial charge in [0, 0.05) is 27.8 Å². The summed E-state index contributed by atoms with van der Waals surface area (Å²) in [7, 11) is 1.17. The molecular weight excluding hydrogens is 373 g/mol. The van der Waals surface area contributed by atoms with E-state index in [0.717, 1.165) is 19.4 Å². The van der Waals surface area contributed by atoms with Gasteiger partial charge in [-0.2, -0.15) is 0 Å². The second-order valence-corrected chi connectivity index (χ2v) is 9.54. The Balaban J connectivity index is 1.75. The summed E-state index contributed by atoms with van der Waals surface area (Å²) in [5, 5.41) is 2.79. The SMILES string of the molecule is CO[C@@H]1C=C[C@H](N(Cc2ccccc2)P(c2ccccc2)c2ccccc2)CC1. The summed E-state index contributed by atoms with van der Waals surface area (Å²) in [4.78, 5) is 0. The number of ether oxygens (including phenoxy) is 1. The van der Waals surface area contributed by atoms with Gasteiger partial charge in [0.2, 0.25) is 0 Å². The van der Waals surface area contributed by atoms with Crippen molar-refractivity contribution in [3.05, 3.63) is 109 Å². The van der Waals surface area contributed by atoms with E-state index in [4.69, 9.17) is 4.74 Å². The molecule has 3 aromatic carbocycles. The zero-order valence-electron chi connectivity index (χ0n) is 16.9. The van der Waals surface area contributed by atoms with Crippen LogP contribution in [0.4, 0.5) is 0 Å². The van der Waals surface area contributed by atoms with Crippen molar-refractivity contribution in [3.63, 3.8) is 0 Å². The third-order valence-corrected chi connectivity index (χ3v) is 7.95. The maximum atomic E-state index is 5.57. The Bertz CT molecular complexity index is 858. The Morgan fingerprint density at radius 3 is 1.79 bits per heavy atom. The number of methoxy groups -OCH3 is 1. The predicted molar refractivity (Wildman–Crippen MR) is 124 cm³/mol. The van der Waals surface area contributed by atoms with Crippen LogP contribution < -0.4 is 10.6 Å². The van der Waals surface area contributed by atoms with E-state index in [-0.39, 0.29) is 6.10 Å². The molecule has 0 fully saturated rings. The topological polar surface area (TPSA) is 12.5 Å². The van der Waals surface area contributed by atoms with E-state index < -0.39 is 8.07 Å². The summed E-state index contributed by atoms with van der Waals surface area (Å²) in [6, 6.07) is 33.2. The summed E-state index contributed by atoms with van der Waals surface area (Å²) in [5.41, 5.74) is 1.36. The third kappa shape index (κ3) is 5.03. The highest BCUT2D eigenvalue weighted by Crippen LogP contribution is 2.43. The van der Waals surface area contributed by atoms with Gasteiger partial charge in [0.25, 0.3) is 0 Å². The van der Waals surface area contributed by atoms with Crippen LogP contribution >= 0.6 is 8.07 Å². The van der Waals surface area contributed by atoms with Crippen LogP contribution in [0.3, 0.4) is 0 Å². The first kappa shape index (κ1) is 20.0. The zero-order valence-corrected chi connectivity index (χ0v) is 17.8. The summed E-state index contributed by atoms with van der Waals surface area (Å²) in [6.45, 7) is 0.934. The molecule has 0 bridgehead atoms. The van der Waals surface area contributed by atoms with Gasteiger partial charge in [0.05, 0.1) is 6.10 Å². The van der Waals surface area contributed by atoms with Crippen molar-refractivity contribution in [2.75, 3.05) is 7.11 Å². The van der Waals surface area contributed by atoms with Gasteiger partial charge in [0.15, 0.2) is 0 Å². The Hall–Kier alpha value is -2.25. The number of benzene rings is 3. The van der Waals surface area contributed by atoms with Crippen molar-refractivity contribution in [1.29, 1.82) is 0 Å². The molecule has 2 atom stereocenters. The highest BCUT2D eigenvalue weighted by atomic mass is 31.1. The van der Waals surface area contributed by atoms with Crippen molar-refractivity contribution >= 4 is 18.7 Å². The minimum absolute atomic E-state index is 0.240. The molecule has 0 N–H and O–H groups in total. The molecule has 0 aromatic heterocycles. The molecular formula is C26H28NOP. The van der Waals surface area contributed by atoms with Gasteiger partial charge in [-0.3, -0.25) is 4.67 Å². The van der Waals surface area contributed by atoms with Crippen molar-refractivity contribution < 1.29 is 4.74 Å². The van der Waals surface area contributed by atoms with Crippen LogP contribution in [-0.4, -0.2) is 23.9 Å². The fourth-order valence-electron chi connectivity index (χ4n) is 3.92. The Morgan fingerprint density at radius 2 is 1.31 bits per heavy atom. The largest absolute Gasteiger partial charge is 0.377 e. The van der Waals surface area contributed by atoms with Crippen molar-refractivity contribution in [2.24, 2.45) is 0 Å². The second-order valence-electron chi connectivity index (χ2n) is 7.37. The lowest BCUT2D eigenvalue weighted by molar-refractivity contribution is 0.120. The first-order valence-electron chi connectivity index (χ1n) is 10.3. The molecule has 3 aromatic rings. The van der Waals surface area contributed by atoms with E-state index in [1.165, 1.54) is 16.2 Å². The van der Waals surface area contributed by atoms with Gasteiger partial charge < -0.3 is 4.74 Å². The maximum absolute atomic E-state index is 5.57. The van der Waals surface area contributed by atoms with Gasteiger partial charge in [-0.1, -0.05) is 103 Å². The molecule has 29 heavy (non-hydrogen) atoms. The van der Waals surface area contributed by atoms with E-state index in [0.29, 0.717) is 6.04 Å². The molecule has 1 aliphatic carbocycles. The Morgan fingerprint density at radius 1 is 0.759 bits per heavy atom. The van der Waals surface area contributed by atoms with Gasteiger partial charge in [0.1, 0.15) is 0 Å². The fraction of sp³-hybridized carbons (Fsp3) is 0.231. The Labute approximate surface area is 175 Å². The number of hydrogen-bond acceptors (Lipinski definition) is 2. The zero-order chi connectivity index (χ0) is 19.9. The molecule has 0 saturated heterocycles. The lowest BCUT2D eigenvalue weighted by Crippen LogP contribution is -2.37. The average molecular weight is 401 g/mol. The van der Waals surface area contributed by atoms with Gasteiger partial charge >= 0.3 is 0 Å². The molecule has 0 spiro atoms. The summed E-state index contributed by atoms with van der Waals surface area (Å²) >= 11 is 0. The summed E-state index contributed by atoms with van der Waals surface area (Å²) < 4.78 is 8.27. The van der Waals surface area contributed by atoms with Crippen molar-refractivity contribution in [2.45, 2.75) is 31.5 Å². The average Bonchev–Trinajstić information content (AvgIpc) is 2.81. The molecule has 2 nitrogen and oxygen atoms in total. The molecule has 1 aliphatic rings. The summed E-state index contributed by atoms with van der Waals surface area (Å²) in [6.07, 6.45) is 7.03. The molecule has 0 unspecified atom stereocenters. The van der Waals surface area contributed by atoms with E-state index in [2.05, 4.69) is 108 Å². The molecule has 3 heteroatoms. The molecule has 0 aliphatic heterocycles. The van der Waals surface area contributed by atoms with Gasteiger partial charge in [-0.25, -0.2) is 0 Å². The molecule has 4 rings (SSSR count). The monoisotopic (exact) mass is 401 g/mol. The van der Waals surface area contributed by atoms with Crippen LogP contribution in [0.1, 0.15) is 18.4 Å². The Kier molecular flexibility index (Phi) is 6.90. The minimum atomic E-state index is -0.638. The van der Waals surface area contributed by atoms with Crippen LogP contribution in [0.25, 0.3) is 0 Å². The highest BCUT2D eigenvalue weighted by Gasteiger charge is 2.30.